The van der Waals surface area contributed by atoms with Crippen molar-refractivity contribution < 1.29 is 14.3 Å². The van der Waals surface area contributed by atoms with Crippen LogP contribution in [0.15, 0.2) is 42.5 Å². The molecular formula is C20H22N2O3. The minimum atomic E-state index is -0.187. The van der Waals surface area contributed by atoms with Crippen molar-refractivity contribution in [2.75, 3.05) is 12.4 Å². The first-order valence-corrected chi connectivity index (χ1v) is 8.40. The number of hydrogen-bond donors (Lipinski definition) is 2. The third kappa shape index (κ3) is 4.18. The van der Waals surface area contributed by atoms with Gasteiger partial charge < -0.3 is 15.4 Å². The number of methoxy groups -OCH3 is 1. The lowest BCUT2D eigenvalue weighted by Crippen LogP contribution is -2.23. The zero-order valence-corrected chi connectivity index (χ0v) is 14.5. The standard InChI is InChI=1S/C20H22N2O3/c1-13-7-8-15(11-17(13)22-20(24)14-9-10-14)19(23)21-12-16-5-3-4-6-18(16)25-2/h3-8,11,14H,9-10,12H2,1-2H3,(H,21,23)(H,22,24). The van der Waals surface area contributed by atoms with Crippen LogP contribution < -0.4 is 15.4 Å². The quantitative estimate of drug-likeness (QED) is 0.849. The normalized spacial score (nSPS) is 13.2. The summed E-state index contributed by atoms with van der Waals surface area (Å²) in [5.74, 6) is 0.717. The van der Waals surface area contributed by atoms with Gasteiger partial charge in [-0.2, -0.15) is 0 Å². The first-order valence-electron chi connectivity index (χ1n) is 8.40. The topological polar surface area (TPSA) is 67.4 Å². The summed E-state index contributed by atoms with van der Waals surface area (Å²) in [5, 5.41) is 5.81. The SMILES string of the molecule is COc1ccccc1CNC(=O)c1ccc(C)c(NC(=O)C2CC2)c1. The molecule has 0 radical (unpaired) electrons. The number of carbonyl (C=O) groups excluding carboxylic acids is 2. The lowest BCUT2D eigenvalue weighted by atomic mass is 10.1. The molecule has 1 aliphatic carbocycles. The Morgan fingerprint density at radius 2 is 1.92 bits per heavy atom. The average molecular weight is 338 g/mol. The average Bonchev–Trinajstić information content (AvgIpc) is 3.47. The number of ether oxygens (including phenoxy) is 1. The summed E-state index contributed by atoms with van der Waals surface area (Å²) in [5.41, 5.74) is 3.07. The molecule has 0 bridgehead atoms. The minimum Gasteiger partial charge on any atom is -0.496 e. The van der Waals surface area contributed by atoms with Crippen LogP contribution in [0, 0.1) is 12.8 Å². The lowest BCUT2D eigenvalue weighted by Gasteiger charge is -2.12. The lowest BCUT2D eigenvalue weighted by molar-refractivity contribution is -0.117. The summed E-state index contributed by atoms with van der Waals surface area (Å²) in [7, 11) is 1.61. The van der Waals surface area contributed by atoms with Crippen LogP contribution in [0.2, 0.25) is 0 Å². The molecule has 1 saturated carbocycles. The van der Waals surface area contributed by atoms with Gasteiger partial charge in [-0.1, -0.05) is 24.3 Å². The van der Waals surface area contributed by atoms with E-state index in [1.54, 1.807) is 19.2 Å². The van der Waals surface area contributed by atoms with Gasteiger partial charge in [0.1, 0.15) is 5.75 Å². The van der Waals surface area contributed by atoms with Gasteiger partial charge in [0.25, 0.3) is 5.91 Å². The highest BCUT2D eigenvalue weighted by Crippen LogP contribution is 2.30. The predicted octanol–water partition coefficient (Wildman–Crippen LogP) is 3.28. The molecule has 25 heavy (non-hydrogen) atoms. The maximum atomic E-state index is 12.4. The van der Waals surface area contributed by atoms with E-state index in [4.69, 9.17) is 4.74 Å². The van der Waals surface area contributed by atoms with Gasteiger partial charge in [-0.05, 0) is 43.5 Å². The van der Waals surface area contributed by atoms with Gasteiger partial charge in [0.05, 0.1) is 7.11 Å². The van der Waals surface area contributed by atoms with E-state index in [9.17, 15) is 9.59 Å². The Bertz CT molecular complexity index is 797. The van der Waals surface area contributed by atoms with E-state index in [2.05, 4.69) is 10.6 Å². The summed E-state index contributed by atoms with van der Waals surface area (Å²) in [6.45, 7) is 2.29. The molecule has 2 amide bonds. The summed E-state index contributed by atoms with van der Waals surface area (Å²) >= 11 is 0. The molecule has 0 aliphatic heterocycles. The first kappa shape index (κ1) is 17.0. The monoisotopic (exact) mass is 338 g/mol. The highest BCUT2D eigenvalue weighted by atomic mass is 16.5. The number of benzene rings is 2. The molecule has 2 N–H and O–H groups in total. The first-order chi connectivity index (χ1) is 12.1. The van der Waals surface area contributed by atoms with Crippen LogP contribution in [0.5, 0.6) is 5.75 Å². The Labute approximate surface area is 147 Å². The fourth-order valence-electron chi connectivity index (χ4n) is 2.60. The van der Waals surface area contributed by atoms with E-state index in [0.717, 1.165) is 29.7 Å². The number of aryl methyl sites for hydroxylation is 1. The molecule has 1 fully saturated rings. The number of rotatable bonds is 6. The minimum absolute atomic E-state index is 0.0367. The summed E-state index contributed by atoms with van der Waals surface area (Å²) in [6, 6.07) is 12.9. The summed E-state index contributed by atoms with van der Waals surface area (Å²) < 4.78 is 5.29. The second-order valence-electron chi connectivity index (χ2n) is 6.29. The highest BCUT2D eigenvalue weighted by Gasteiger charge is 2.29. The molecule has 0 atom stereocenters. The molecule has 0 heterocycles. The van der Waals surface area contributed by atoms with Crippen molar-refractivity contribution in [1.29, 1.82) is 0 Å². The van der Waals surface area contributed by atoms with E-state index in [-0.39, 0.29) is 17.7 Å². The number of hydrogen-bond acceptors (Lipinski definition) is 3. The Kier molecular flexibility index (Phi) is 5.03. The highest BCUT2D eigenvalue weighted by molar-refractivity contribution is 5.98. The van der Waals surface area contributed by atoms with Crippen LogP contribution >= 0.6 is 0 Å². The van der Waals surface area contributed by atoms with E-state index in [1.165, 1.54) is 0 Å². The molecule has 1 aliphatic rings. The van der Waals surface area contributed by atoms with Gasteiger partial charge in [0.2, 0.25) is 5.91 Å². The van der Waals surface area contributed by atoms with Crippen molar-refractivity contribution in [3.05, 3.63) is 59.2 Å². The zero-order valence-electron chi connectivity index (χ0n) is 14.5. The zero-order chi connectivity index (χ0) is 17.8. The molecule has 2 aromatic carbocycles. The largest absolute Gasteiger partial charge is 0.496 e. The summed E-state index contributed by atoms with van der Waals surface area (Å²) in [6.07, 6.45) is 1.90. The van der Waals surface area contributed by atoms with Gasteiger partial charge in [0, 0.05) is 29.3 Å². The van der Waals surface area contributed by atoms with Gasteiger partial charge >= 0.3 is 0 Å². The molecule has 130 valence electrons. The molecule has 2 aromatic rings. The van der Waals surface area contributed by atoms with Crippen molar-refractivity contribution >= 4 is 17.5 Å². The molecule has 0 aromatic heterocycles. The molecule has 5 nitrogen and oxygen atoms in total. The van der Waals surface area contributed by atoms with Crippen molar-refractivity contribution in [3.63, 3.8) is 0 Å². The Morgan fingerprint density at radius 1 is 1.16 bits per heavy atom. The van der Waals surface area contributed by atoms with E-state index < -0.39 is 0 Å². The predicted molar refractivity (Wildman–Crippen MR) is 96.7 cm³/mol. The second-order valence-corrected chi connectivity index (χ2v) is 6.29. The number of anilines is 1. The summed E-state index contributed by atoms with van der Waals surface area (Å²) in [4.78, 5) is 24.4. The maximum Gasteiger partial charge on any atom is 0.251 e. The van der Waals surface area contributed by atoms with E-state index in [0.29, 0.717) is 17.8 Å². The molecule has 0 spiro atoms. The second kappa shape index (κ2) is 7.38. The van der Waals surface area contributed by atoms with Crippen molar-refractivity contribution in [2.45, 2.75) is 26.3 Å². The number of nitrogens with one attached hydrogen (secondary N) is 2. The smallest absolute Gasteiger partial charge is 0.251 e. The third-order valence-electron chi connectivity index (χ3n) is 4.34. The van der Waals surface area contributed by atoms with Crippen LogP contribution in [-0.4, -0.2) is 18.9 Å². The number of amides is 2. The number of para-hydroxylation sites is 1. The Balaban J connectivity index is 1.68. The van der Waals surface area contributed by atoms with Crippen LogP contribution in [0.25, 0.3) is 0 Å². The van der Waals surface area contributed by atoms with Crippen molar-refractivity contribution in [2.24, 2.45) is 5.92 Å². The fourth-order valence-corrected chi connectivity index (χ4v) is 2.60. The molecule has 0 unspecified atom stereocenters. The van der Waals surface area contributed by atoms with Crippen LogP contribution in [-0.2, 0) is 11.3 Å². The molecule has 5 heteroatoms. The molecule has 3 rings (SSSR count). The van der Waals surface area contributed by atoms with Gasteiger partial charge in [-0.3, -0.25) is 9.59 Å². The van der Waals surface area contributed by atoms with Crippen molar-refractivity contribution in [3.8, 4) is 5.75 Å². The fraction of sp³-hybridized carbons (Fsp3) is 0.300. The van der Waals surface area contributed by atoms with Gasteiger partial charge in [-0.25, -0.2) is 0 Å². The van der Waals surface area contributed by atoms with Gasteiger partial charge in [-0.15, -0.1) is 0 Å². The van der Waals surface area contributed by atoms with Crippen molar-refractivity contribution in [1.82, 2.24) is 5.32 Å². The maximum absolute atomic E-state index is 12.4. The van der Waals surface area contributed by atoms with Crippen LogP contribution in [0.4, 0.5) is 5.69 Å². The Morgan fingerprint density at radius 3 is 2.64 bits per heavy atom. The van der Waals surface area contributed by atoms with E-state index >= 15 is 0 Å². The van der Waals surface area contributed by atoms with Crippen LogP contribution in [0.3, 0.4) is 0 Å². The third-order valence-corrected chi connectivity index (χ3v) is 4.34. The molecular weight excluding hydrogens is 316 g/mol. The van der Waals surface area contributed by atoms with E-state index in [1.807, 2.05) is 37.3 Å². The van der Waals surface area contributed by atoms with Gasteiger partial charge in [0.15, 0.2) is 0 Å². The number of carbonyl (C=O) groups is 2. The Hall–Kier alpha value is -2.82. The molecule has 0 saturated heterocycles. The van der Waals surface area contributed by atoms with Crippen LogP contribution in [0.1, 0.15) is 34.3 Å².